The van der Waals surface area contributed by atoms with Gasteiger partial charge in [-0.25, -0.2) is 0 Å². The zero-order valence-electron chi connectivity index (χ0n) is 5.05. The molecule has 2 rings (SSSR count). The maximum Gasteiger partial charge on any atom is -0.00145 e. The SMILES string of the molecule is CC1C2CNCC12.Cl. The second kappa shape index (κ2) is 1.89. The Morgan fingerprint density at radius 1 is 1.25 bits per heavy atom. The highest BCUT2D eigenvalue weighted by Gasteiger charge is 2.49. The van der Waals surface area contributed by atoms with Crippen LogP contribution in [0.1, 0.15) is 6.92 Å². The van der Waals surface area contributed by atoms with E-state index in [0.29, 0.717) is 0 Å². The van der Waals surface area contributed by atoms with E-state index in [2.05, 4.69) is 12.2 Å². The third-order valence-corrected chi connectivity index (χ3v) is 2.52. The van der Waals surface area contributed by atoms with Gasteiger partial charge in [0.05, 0.1) is 0 Å². The maximum atomic E-state index is 3.35. The third-order valence-electron chi connectivity index (χ3n) is 2.52. The first-order chi connectivity index (χ1) is 3.39. The van der Waals surface area contributed by atoms with Crippen molar-refractivity contribution in [3.8, 4) is 0 Å². The van der Waals surface area contributed by atoms with E-state index in [4.69, 9.17) is 0 Å². The zero-order chi connectivity index (χ0) is 4.85. The minimum Gasteiger partial charge on any atom is -0.316 e. The molecule has 1 heterocycles. The lowest BCUT2D eigenvalue weighted by Crippen LogP contribution is -2.13. The molecular formula is C6H12ClN. The van der Waals surface area contributed by atoms with Crippen molar-refractivity contribution in [2.45, 2.75) is 6.92 Å². The van der Waals surface area contributed by atoms with Gasteiger partial charge >= 0.3 is 0 Å². The molecule has 1 aliphatic heterocycles. The topological polar surface area (TPSA) is 12.0 Å². The van der Waals surface area contributed by atoms with E-state index in [1.54, 1.807) is 0 Å². The Morgan fingerprint density at radius 2 is 1.75 bits per heavy atom. The summed E-state index contributed by atoms with van der Waals surface area (Å²) in [7, 11) is 0. The number of fused-ring (bicyclic) bond motifs is 1. The molecule has 2 heteroatoms. The van der Waals surface area contributed by atoms with Crippen LogP contribution in [-0.4, -0.2) is 13.1 Å². The van der Waals surface area contributed by atoms with Gasteiger partial charge in [0.15, 0.2) is 0 Å². The molecule has 0 radical (unpaired) electrons. The van der Waals surface area contributed by atoms with Crippen LogP contribution < -0.4 is 5.32 Å². The molecule has 0 spiro atoms. The summed E-state index contributed by atoms with van der Waals surface area (Å²) < 4.78 is 0. The van der Waals surface area contributed by atoms with Crippen molar-refractivity contribution in [2.24, 2.45) is 17.8 Å². The van der Waals surface area contributed by atoms with Crippen LogP contribution in [-0.2, 0) is 0 Å². The Bertz CT molecular complexity index is 84.5. The van der Waals surface area contributed by atoms with Crippen LogP contribution in [0.25, 0.3) is 0 Å². The summed E-state index contributed by atoms with van der Waals surface area (Å²) in [6, 6.07) is 0. The van der Waals surface area contributed by atoms with E-state index in [0.717, 1.165) is 17.8 Å². The molecule has 1 saturated carbocycles. The van der Waals surface area contributed by atoms with Gasteiger partial charge in [-0.2, -0.15) is 0 Å². The van der Waals surface area contributed by atoms with E-state index in [9.17, 15) is 0 Å². The summed E-state index contributed by atoms with van der Waals surface area (Å²) in [6.07, 6.45) is 0. The standard InChI is InChI=1S/C6H11N.ClH/c1-4-5-2-7-3-6(4)5;/h4-7H,2-3H2,1H3;1H. The predicted molar refractivity (Wildman–Crippen MR) is 36.3 cm³/mol. The maximum absolute atomic E-state index is 3.35. The van der Waals surface area contributed by atoms with Crippen molar-refractivity contribution in [1.29, 1.82) is 0 Å². The molecule has 0 amide bonds. The molecule has 2 fully saturated rings. The van der Waals surface area contributed by atoms with E-state index < -0.39 is 0 Å². The van der Waals surface area contributed by atoms with Gasteiger partial charge in [-0.05, 0) is 30.8 Å². The highest BCUT2D eigenvalue weighted by Crippen LogP contribution is 2.47. The monoisotopic (exact) mass is 133 g/mol. The Morgan fingerprint density at radius 3 is 2.00 bits per heavy atom. The summed E-state index contributed by atoms with van der Waals surface area (Å²) in [5.74, 6) is 3.20. The number of piperidine rings is 1. The average molecular weight is 134 g/mol. The van der Waals surface area contributed by atoms with E-state index in [-0.39, 0.29) is 12.4 Å². The van der Waals surface area contributed by atoms with Gasteiger partial charge in [0, 0.05) is 0 Å². The van der Waals surface area contributed by atoms with E-state index >= 15 is 0 Å². The fourth-order valence-electron chi connectivity index (χ4n) is 1.73. The molecule has 1 aliphatic carbocycles. The van der Waals surface area contributed by atoms with Gasteiger partial charge in [0.25, 0.3) is 0 Å². The number of rotatable bonds is 0. The van der Waals surface area contributed by atoms with Crippen molar-refractivity contribution < 1.29 is 0 Å². The zero-order valence-corrected chi connectivity index (χ0v) is 5.87. The molecular weight excluding hydrogens is 122 g/mol. The Kier molecular flexibility index (Phi) is 1.50. The average Bonchev–Trinajstić information content (AvgIpc) is 2.26. The molecule has 0 bridgehead atoms. The van der Waals surface area contributed by atoms with Gasteiger partial charge in [-0.3, -0.25) is 0 Å². The second-order valence-corrected chi connectivity index (χ2v) is 2.85. The molecule has 1 saturated heterocycles. The summed E-state index contributed by atoms with van der Waals surface area (Å²) in [4.78, 5) is 0. The first-order valence-electron chi connectivity index (χ1n) is 3.10. The lowest BCUT2D eigenvalue weighted by atomic mass is 10.3. The third kappa shape index (κ3) is 0.652. The van der Waals surface area contributed by atoms with Gasteiger partial charge in [-0.1, -0.05) is 6.92 Å². The lowest BCUT2D eigenvalue weighted by Gasteiger charge is -1.93. The van der Waals surface area contributed by atoms with Crippen LogP contribution in [0.5, 0.6) is 0 Å². The molecule has 2 aliphatic rings. The minimum absolute atomic E-state index is 0. The van der Waals surface area contributed by atoms with Crippen LogP contribution >= 0.6 is 12.4 Å². The van der Waals surface area contributed by atoms with Crippen molar-refractivity contribution in [3.05, 3.63) is 0 Å². The smallest absolute Gasteiger partial charge is 0.00145 e. The fraction of sp³-hybridized carbons (Fsp3) is 1.00. The number of halogens is 1. The largest absolute Gasteiger partial charge is 0.316 e. The van der Waals surface area contributed by atoms with Gasteiger partial charge < -0.3 is 5.32 Å². The fourth-order valence-corrected chi connectivity index (χ4v) is 1.73. The quantitative estimate of drug-likeness (QED) is 0.518. The van der Waals surface area contributed by atoms with Crippen LogP contribution in [0.15, 0.2) is 0 Å². The number of hydrogen-bond acceptors (Lipinski definition) is 1. The van der Waals surface area contributed by atoms with Crippen LogP contribution in [0.2, 0.25) is 0 Å². The second-order valence-electron chi connectivity index (χ2n) is 2.85. The number of hydrogen-bond donors (Lipinski definition) is 1. The molecule has 0 aromatic heterocycles. The minimum atomic E-state index is 0. The first-order valence-corrected chi connectivity index (χ1v) is 3.10. The van der Waals surface area contributed by atoms with Gasteiger partial charge in [0.1, 0.15) is 0 Å². The normalized spacial score (nSPS) is 49.9. The summed E-state index contributed by atoms with van der Waals surface area (Å²) in [5, 5.41) is 3.35. The highest BCUT2D eigenvalue weighted by atomic mass is 35.5. The lowest BCUT2D eigenvalue weighted by molar-refractivity contribution is 0.634. The van der Waals surface area contributed by atoms with Crippen LogP contribution in [0.4, 0.5) is 0 Å². The Hall–Kier alpha value is 0.250. The highest BCUT2D eigenvalue weighted by molar-refractivity contribution is 5.85. The van der Waals surface area contributed by atoms with Crippen molar-refractivity contribution in [1.82, 2.24) is 5.32 Å². The molecule has 2 unspecified atom stereocenters. The van der Waals surface area contributed by atoms with Crippen molar-refractivity contribution >= 4 is 12.4 Å². The Labute approximate surface area is 56.3 Å². The summed E-state index contributed by atoms with van der Waals surface area (Å²) in [5.41, 5.74) is 0. The molecule has 8 heavy (non-hydrogen) atoms. The first kappa shape index (κ1) is 6.37. The summed E-state index contributed by atoms with van der Waals surface area (Å²) in [6.45, 7) is 4.95. The number of nitrogens with one attached hydrogen (secondary N) is 1. The molecule has 48 valence electrons. The predicted octanol–water partition coefficient (Wildman–Crippen LogP) is 0.893. The molecule has 0 aromatic rings. The summed E-state index contributed by atoms with van der Waals surface area (Å²) >= 11 is 0. The van der Waals surface area contributed by atoms with Gasteiger partial charge in [0.2, 0.25) is 0 Å². The Balaban J connectivity index is 0.000000320. The van der Waals surface area contributed by atoms with Crippen molar-refractivity contribution in [2.75, 3.05) is 13.1 Å². The van der Waals surface area contributed by atoms with Crippen LogP contribution in [0.3, 0.4) is 0 Å². The van der Waals surface area contributed by atoms with Crippen molar-refractivity contribution in [3.63, 3.8) is 0 Å². The van der Waals surface area contributed by atoms with E-state index in [1.165, 1.54) is 13.1 Å². The van der Waals surface area contributed by atoms with E-state index in [1.807, 2.05) is 0 Å². The van der Waals surface area contributed by atoms with Crippen LogP contribution in [0, 0.1) is 17.8 Å². The molecule has 0 aromatic carbocycles. The molecule has 1 nitrogen and oxygen atoms in total. The van der Waals surface area contributed by atoms with Gasteiger partial charge in [-0.15, -0.1) is 12.4 Å². The molecule has 2 atom stereocenters. The molecule has 1 N–H and O–H groups in total.